The minimum absolute atomic E-state index is 0.190. The second-order valence-electron chi connectivity index (χ2n) is 12.2. The summed E-state index contributed by atoms with van der Waals surface area (Å²) in [5, 5.41) is 39.1. The van der Waals surface area contributed by atoms with Crippen molar-refractivity contribution in [3.05, 3.63) is 0 Å². The Balaban J connectivity index is -0.000000130. The predicted octanol–water partition coefficient (Wildman–Crippen LogP) is 1.18. The maximum Gasteiger partial charge on any atom is 0.503 e. The summed E-state index contributed by atoms with van der Waals surface area (Å²) in [6, 6.07) is -4.07. The molecule has 0 aliphatic carbocycles. The monoisotopic (exact) mass is 965 g/mol. The van der Waals surface area contributed by atoms with Gasteiger partial charge in [0.2, 0.25) is 5.91 Å². The molecule has 0 aliphatic rings. The lowest BCUT2D eigenvalue weighted by molar-refractivity contribution is -0.148. The topological polar surface area (TPSA) is 401 Å². The Morgan fingerprint density at radius 2 is 0.742 bits per heavy atom. The van der Waals surface area contributed by atoms with Crippen LogP contribution in [0.1, 0.15) is 96.9 Å². The first-order chi connectivity index (χ1) is 30.4. The number of urea groups is 1. The summed E-state index contributed by atoms with van der Waals surface area (Å²) in [5.74, 6) is -3.58. The number of carbonyl (C=O) groups is 11. The quantitative estimate of drug-likeness (QED) is 0.0730. The third-order valence-electron chi connectivity index (χ3n) is 6.28. The van der Waals surface area contributed by atoms with Gasteiger partial charge in [-0.15, -0.1) is 0 Å². The number of carboxylic acids is 1. The summed E-state index contributed by atoms with van der Waals surface area (Å²) in [6.45, 7) is 24.1. The highest BCUT2D eigenvalue weighted by Crippen LogP contribution is 2.01. The van der Waals surface area contributed by atoms with E-state index < -0.39 is 78.3 Å². The van der Waals surface area contributed by atoms with E-state index in [0.717, 1.165) is 6.92 Å². The van der Waals surface area contributed by atoms with Crippen molar-refractivity contribution in [2.45, 2.75) is 133 Å². The standard InChI is InChI=1S/C12H22N2O5.C7H13NO3.C6H11NO4.C6H13NO2.C5H11NO2.C2H4O2.CH2O3/c1-6-18-10(15)8(3)13-12(17)14(5)9(4)11(16)19-7-2;1-4-11-7(10)5(2)8-6(3)9;1-3-11-5(8)4(2)7-6(9)10;1-4-9-6(8)5(2)7-3;1-3-8-5(7)4(2)6;1-2(3)4;2-1(3)4/h8-9H,6-7H2,1-5H3,(H,13,17);5H,4H2,1-3H3,(H,8,9);4,7H,3H2,1-2H3,(H,9,10);5,7H,4H2,1-3H3;4H,3,6H2,1-2H3;1H3,(H,3,4);(H2,2,3,4). The molecule has 0 aromatic carbocycles. The van der Waals surface area contributed by atoms with E-state index in [2.05, 4.69) is 30.2 Å². The van der Waals surface area contributed by atoms with E-state index >= 15 is 0 Å². The van der Waals surface area contributed by atoms with Gasteiger partial charge in [0.1, 0.15) is 36.3 Å². The van der Waals surface area contributed by atoms with Crippen molar-refractivity contribution >= 4 is 66.0 Å². The molecule has 27 heteroatoms. The maximum atomic E-state index is 11.8. The molecule has 0 saturated heterocycles. The zero-order valence-electron chi connectivity index (χ0n) is 41.0. The number of carbonyl (C=O) groups excluding carboxylic acids is 8. The molecule has 0 saturated carbocycles. The van der Waals surface area contributed by atoms with Crippen LogP contribution in [0.25, 0.3) is 0 Å². The Hall–Kier alpha value is -6.51. The van der Waals surface area contributed by atoms with Crippen LogP contribution in [0.4, 0.5) is 14.4 Å². The Morgan fingerprint density at radius 3 is 0.985 bits per heavy atom. The first kappa shape index (κ1) is 73.9. The van der Waals surface area contributed by atoms with Gasteiger partial charge in [-0.25, -0.2) is 33.6 Å². The van der Waals surface area contributed by atoms with E-state index in [9.17, 15) is 43.2 Å². The van der Waals surface area contributed by atoms with Crippen LogP contribution in [-0.4, -0.2) is 181 Å². The van der Waals surface area contributed by atoms with E-state index in [1.165, 1.54) is 32.7 Å². The van der Waals surface area contributed by atoms with Crippen LogP contribution < -0.4 is 27.0 Å². The minimum atomic E-state index is -1.83. The number of rotatable bonds is 17. The van der Waals surface area contributed by atoms with Crippen molar-refractivity contribution in [3.63, 3.8) is 0 Å². The SMILES string of the molecule is CC(=O)O.CCOC(=O)C(C)N.CCOC(=O)C(C)NC.CCOC(=O)C(C)NC(=O)N(C)C(C)C(=O)OCC.CCOC(=O)C(C)NC(=O)O.CCOC(=O)C(C)NC(C)=O.O=C(O)O. The number of esters is 6. The number of likely N-dealkylation sites (N-methyl/N-ethyl adjacent to an activating group) is 2. The average molecular weight is 965 g/mol. The van der Waals surface area contributed by atoms with Gasteiger partial charge in [0.15, 0.2) is 0 Å². The van der Waals surface area contributed by atoms with E-state index in [1.807, 2.05) is 5.32 Å². The van der Waals surface area contributed by atoms with Gasteiger partial charge in [-0.3, -0.25) is 19.2 Å². The van der Waals surface area contributed by atoms with Crippen molar-refractivity contribution < 1.29 is 102 Å². The maximum absolute atomic E-state index is 11.8. The van der Waals surface area contributed by atoms with E-state index in [-0.39, 0.29) is 43.7 Å². The van der Waals surface area contributed by atoms with Crippen LogP contribution in [0.2, 0.25) is 0 Å². The van der Waals surface area contributed by atoms with Gasteiger partial charge in [-0.1, -0.05) is 0 Å². The molecular weight excluding hydrogens is 888 g/mol. The molecule has 6 unspecified atom stereocenters. The Bertz CT molecular complexity index is 1360. The van der Waals surface area contributed by atoms with Gasteiger partial charge in [-0.2, -0.15) is 0 Å². The zero-order chi connectivity index (χ0) is 53.7. The molecule has 0 spiro atoms. The number of carboxylic acid groups (broad SMARTS) is 4. The fourth-order valence-electron chi connectivity index (χ4n) is 3.01. The number of nitrogens with one attached hydrogen (secondary N) is 4. The van der Waals surface area contributed by atoms with Crippen molar-refractivity contribution in [2.24, 2.45) is 5.73 Å². The molecule has 388 valence electrons. The second kappa shape index (κ2) is 48.0. The highest BCUT2D eigenvalue weighted by atomic mass is 16.6. The molecule has 0 aromatic rings. The molecular formula is C39H76N6O21. The van der Waals surface area contributed by atoms with Gasteiger partial charge in [0.25, 0.3) is 5.97 Å². The Kier molecular flexibility index (Phi) is 53.7. The predicted molar refractivity (Wildman–Crippen MR) is 235 cm³/mol. The molecule has 0 rings (SSSR count). The lowest BCUT2D eigenvalue weighted by atomic mass is 10.3. The van der Waals surface area contributed by atoms with Crippen molar-refractivity contribution in [1.82, 2.24) is 26.2 Å². The van der Waals surface area contributed by atoms with Crippen LogP contribution >= 0.6 is 0 Å². The molecule has 66 heavy (non-hydrogen) atoms. The van der Waals surface area contributed by atoms with Crippen molar-refractivity contribution in [3.8, 4) is 0 Å². The van der Waals surface area contributed by atoms with Gasteiger partial charge < -0.3 is 80.7 Å². The van der Waals surface area contributed by atoms with E-state index in [0.29, 0.717) is 19.8 Å². The summed E-state index contributed by atoms with van der Waals surface area (Å²) in [7, 11) is 3.18. The summed E-state index contributed by atoms with van der Waals surface area (Å²) < 4.78 is 28.0. The highest BCUT2D eigenvalue weighted by molar-refractivity contribution is 5.87. The van der Waals surface area contributed by atoms with Gasteiger partial charge in [0.05, 0.1) is 39.6 Å². The Labute approximate surface area is 386 Å². The summed E-state index contributed by atoms with van der Waals surface area (Å²) in [4.78, 5) is 116. The smallest absolute Gasteiger partial charge is 0.481 e. The Morgan fingerprint density at radius 1 is 0.485 bits per heavy atom. The third-order valence-corrected chi connectivity index (χ3v) is 6.28. The molecule has 6 atom stereocenters. The third kappa shape index (κ3) is 55.5. The highest BCUT2D eigenvalue weighted by Gasteiger charge is 2.26. The second-order valence-corrected chi connectivity index (χ2v) is 12.2. The van der Waals surface area contributed by atoms with Crippen LogP contribution in [0.5, 0.6) is 0 Å². The van der Waals surface area contributed by atoms with E-state index in [4.69, 9.17) is 50.0 Å². The molecule has 10 N–H and O–H groups in total. The molecule has 0 heterocycles. The number of hydrogen-bond acceptors (Lipinski definition) is 19. The van der Waals surface area contributed by atoms with Crippen LogP contribution in [-0.2, 0) is 66.8 Å². The molecule has 4 amide bonds. The normalized spacial score (nSPS) is 11.8. The minimum Gasteiger partial charge on any atom is -0.481 e. The summed E-state index contributed by atoms with van der Waals surface area (Å²) in [6.07, 6.45) is -3.06. The van der Waals surface area contributed by atoms with Gasteiger partial charge in [-0.05, 0) is 90.1 Å². The van der Waals surface area contributed by atoms with Crippen molar-refractivity contribution in [1.29, 1.82) is 0 Å². The van der Waals surface area contributed by atoms with Crippen LogP contribution in [0, 0.1) is 0 Å². The lowest BCUT2D eigenvalue weighted by Crippen LogP contribution is -2.50. The number of nitrogens with two attached hydrogens (primary N) is 1. The van der Waals surface area contributed by atoms with Gasteiger partial charge >= 0.3 is 54.1 Å². The molecule has 27 nitrogen and oxygen atoms in total. The number of nitrogens with zero attached hydrogens (tertiary/aromatic N) is 1. The number of ether oxygens (including phenoxy) is 6. The van der Waals surface area contributed by atoms with Gasteiger partial charge in [0, 0.05) is 20.9 Å². The zero-order valence-corrected chi connectivity index (χ0v) is 41.0. The number of amides is 4. The number of aliphatic carboxylic acids is 1. The molecule has 0 fully saturated rings. The lowest BCUT2D eigenvalue weighted by Gasteiger charge is -2.25. The fourth-order valence-corrected chi connectivity index (χ4v) is 3.01. The molecule has 0 aromatic heterocycles. The summed E-state index contributed by atoms with van der Waals surface area (Å²) >= 11 is 0. The van der Waals surface area contributed by atoms with E-state index in [1.54, 1.807) is 76.3 Å². The van der Waals surface area contributed by atoms with Crippen molar-refractivity contribution in [2.75, 3.05) is 53.7 Å². The van der Waals surface area contributed by atoms with Crippen LogP contribution in [0.3, 0.4) is 0 Å². The average Bonchev–Trinajstić information content (AvgIpc) is 3.20. The first-order valence-electron chi connectivity index (χ1n) is 20.2. The molecule has 0 radical (unpaired) electrons. The molecule has 0 aliphatic heterocycles. The summed E-state index contributed by atoms with van der Waals surface area (Å²) in [5.41, 5.74) is 5.15. The largest absolute Gasteiger partial charge is 0.503 e. The fraction of sp³-hybridized carbons (Fsp3) is 0.718. The molecule has 0 bridgehead atoms. The first-order valence-corrected chi connectivity index (χ1v) is 20.2. The number of hydrogen-bond donors (Lipinski definition) is 9. The van der Waals surface area contributed by atoms with Crippen LogP contribution in [0.15, 0.2) is 0 Å².